The van der Waals surface area contributed by atoms with E-state index in [0.29, 0.717) is 11.5 Å². The smallest absolute Gasteiger partial charge is 0.161 e. The van der Waals surface area contributed by atoms with Crippen LogP contribution in [-0.2, 0) is 0 Å². The van der Waals surface area contributed by atoms with Crippen LogP contribution in [0.1, 0.15) is 17.2 Å². The predicted octanol–water partition coefficient (Wildman–Crippen LogP) is 3.52. The van der Waals surface area contributed by atoms with Crippen molar-refractivity contribution in [1.29, 1.82) is 0 Å². The number of rotatable bonds is 5. The number of para-hydroxylation sites is 1. The monoisotopic (exact) mass is 351 g/mol. The summed E-state index contributed by atoms with van der Waals surface area (Å²) in [7, 11) is 4.84. The second-order valence-corrected chi connectivity index (χ2v) is 5.30. The summed E-state index contributed by atoms with van der Waals surface area (Å²) in [4.78, 5) is 0. The number of methoxy groups -OCH3 is 3. The van der Waals surface area contributed by atoms with Crippen LogP contribution in [0.5, 0.6) is 17.2 Å². The summed E-state index contributed by atoms with van der Waals surface area (Å²) < 4.78 is 16.9. The van der Waals surface area contributed by atoms with Crippen molar-refractivity contribution in [2.75, 3.05) is 21.3 Å². The van der Waals surface area contributed by atoms with E-state index < -0.39 is 0 Å². The second kappa shape index (κ2) is 6.83. The van der Waals surface area contributed by atoms with Crippen LogP contribution < -0.4 is 19.9 Å². The molecule has 0 spiro atoms. The lowest BCUT2D eigenvalue weighted by Crippen LogP contribution is -2.14. The number of nitrogens with two attached hydrogens (primary N) is 1. The van der Waals surface area contributed by atoms with Gasteiger partial charge in [0.05, 0.1) is 27.4 Å². The van der Waals surface area contributed by atoms with Gasteiger partial charge in [-0.1, -0.05) is 34.1 Å². The van der Waals surface area contributed by atoms with Gasteiger partial charge in [0, 0.05) is 10.0 Å². The Morgan fingerprint density at radius 2 is 1.43 bits per heavy atom. The standard InChI is InChI=1S/C16H18BrNO3/c1-19-13-7-5-4-6-10(13)16(18)11-8-14(20-2)15(21-3)9-12(11)17/h4-9,16H,18H2,1-3H3. The summed E-state index contributed by atoms with van der Waals surface area (Å²) in [6, 6.07) is 11.1. The highest BCUT2D eigenvalue weighted by atomic mass is 79.9. The van der Waals surface area contributed by atoms with Crippen molar-refractivity contribution < 1.29 is 14.2 Å². The first-order valence-corrected chi connectivity index (χ1v) is 7.21. The summed E-state index contributed by atoms with van der Waals surface area (Å²) in [5.74, 6) is 2.05. The van der Waals surface area contributed by atoms with E-state index in [1.165, 1.54) is 0 Å². The lowest BCUT2D eigenvalue weighted by Gasteiger charge is -2.19. The quantitative estimate of drug-likeness (QED) is 0.895. The number of hydrogen-bond donors (Lipinski definition) is 1. The Balaban J connectivity index is 2.50. The Morgan fingerprint density at radius 3 is 2.05 bits per heavy atom. The van der Waals surface area contributed by atoms with Crippen molar-refractivity contribution in [3.63, 3.8) is 0 Å². The minimum atomic E-state index is -0.338. The van der Waals surface area contributed by atoms with Crippen molar-refractivity contribution in [3.8, 4) is 17.2 Å². The van der Waals surface area contributed by atoms with E-state index in [4.69, 9.17) is 19.9 Å². The summed E-state index contributed by atoms with van der Waals surface area (Å²) in [5, 5.41) is 0. The Bertz CT molecular complexity index is 631. The van der Waals surface area contributed by atoms with Crippen LogP contribution in [-0.4, -0.2) is 21.3 Å². The molecule has 5 heteroatoms. The third-order valence-electron chi connectivity index (χ3n) is 3.31. The fourth-order valence-corrected chi connectivity index (χ4v) is 2.77. The molecule has 0 saturated carbocycles. The van der Waals surface area contributed by atoms with Crippen LogP contribution in [0.15, 0.2) is 40.9 Å². The molecule has 1 atom stereocenters. The maximum atomic E-state index is 6.40. The number of halogens is 1. The maximum absolute atomic E-state index is 6.40. The first kappa shape index (κ1) is 15.7. The highest BCUT2D eigenvalue weighted by Crippen LogP contribution is 2.38. The van der Waals surface area contributed by atoms with Gasteiger partial charge in [0.25, 0.3) is 0 Å². The van der Waals surface area contributed by atoms with E-state index in [1.54, 1.807) is 21.3 Å². The molecule has 0 fully saturated rings. The Kier molecular flexibility index (Phi) is 5.09. The third-order valence-corrected chi connectivity index (χ3v) is 4.00. The molecule has 0 saturated heterocycles. The molecule has 0 heterocycles. The highest BCUT2D eigenvalue weighted by molar-refractivity contribution is 9.10. The average molecular weight is 352 g/mol. The number of benzene rings is 2. The zero-order chi connectivity index (χ0) is 15.4. The van der Waals surface area contributed by atoms with Gasteiger partial charge in [0.1, 0.15) is 5.75 Å². The molecule has 112 valence electrons. The minimum Gasteiger partial charge on any atom is -0.496 e. The van der Waals surface area contributed by atoms with E-state index in [2.05, 4.69) is 15.9 Å². The zero-order valence-electron chi connectivity index (χ0n) is 12.2. The topological polar surface area (TPSA) is 53.7 Å². The molecule has 2 N–H and O–H groups in total. The molecule has 1 unspecified atom stereocenters. The van der Waals surface area contributed by atoms with Crippen molar-refractivity contribution in [2.24, 2.45) is 5.73 Å². The summed E-state index contributed by atoms with van der Waals surface area (Å²) in [6.45, 7) is 0. The molecule has 2 aromatic carbocycles. The van der Waals surface area contributed by atoms with Gasteiger partial charge in [-0.15, -0.1) is 0 Å². The van der Waals surface area contributed by atoms with Crippen LogP contribution in [0.25, 0.3) is 0 Å². The lowest BCUT2D eigenvalue weighted by atomic mass is 9.98. The molecule has 0 radical (unpaired) electrons. The molecule has 21 heavy (non-hydrogen) atoms. The van der Waals surface area contributed by atoms with E-state index in [1.807, 2.05) is 36.4 Å². The van der Waals surface area contributed by atoms with E-state index in [0.717, 1.165) is 21.3 Å². The average Bonchev–Trinajstić information content (AvgIpc) is 2.53. The van der Waals surface area contributed by atoms with Gasteiger partial charge >= 0.3 is 0 Å². The molecule has 0 aliphatic rings. The zero-order valence-corrected chi connectivity index (χ0v) is 13.8. The van der Waals surface area contributed by atoms with Gasteiger partial charge in [0.15, 0.2) is 11.5 Å². The van der Waals surface area contributed by atoms with Gasteiger partial charge < -0.3 is 19.9 Å². The molecule has 0 aliphatic carbocycles. The molecule has 0 aliphatic heterocycles. The number of hydrogen-bond acceptors (Lipinski definition) is 4. The highest BCUT2D eigenvalue weighted by Gasteiger charge is 2.19. The van der Waals surface area contributed by atoms with Gasteiger partial charge in [-0.2, -0.15) is 0 Å². The lowest BCUT2D eigenvalue weighted by molar-refractivity contribution is 0.354. The van der Waals surface area contributed by atoms with Gasteiger partial charge in [-0.05, 0) is 23.8 Å². The Morgan fingerprint density at radius 1 is 0.857 bits per heavy atom. The fraction of sp³-hybridized carbons (Fsp3) is 0.250. The van der Waals surface area contributed by atoms with Gasteiger partial charge in [-0.3, -0.25) is 0 Å². The molecular weight excluding hydrogens is 334 g/mol. The summed E-state index contributed by atoms with van der Waals surface area (Å²) in [5.41, 5.74) is 8.21. The molecule has 0 aromatic heterocycles. The van der Waals surface area contributed by atoms with Gasteiger partial charge in [-0.25, -0.2) is 0 Å². The molecule has 0 amide bonds. The molecule has 2 rings (SSSR count). The third kappa shape index (κ3) is 3.14. The van der Waals surface area contributed by atoms with Crippen LogP contribution in [0.3, 0.4) is 0 Å². The van der Waals surface area contributed by atoms with Crippen molar-refractivity contribution in [2.45, 2.75) is 6.04 Å². The van der Waals surface area contributed by atoms with Crippen molar-refractivity contribution >= 4 is 15.9 Å². The number of ether oxygens (including phenoxy) is 3. The van der Waals surface area contributed by atoms with E-state index in [9.17, 15) is 0 Å². The SMILES string of the molecule is COc1cc(Br)c(C(N)c2ccccc2OC)cc1OC. The molecule has 4 nitrogen and oxygen atoms in total. The van der Waals surface area contributed by atoms with Crippen LogP contribution in [0.2, 0.25) is 0 Å². The first-order chi connectivity index (χ1) is 10.1. The Hall–Kier alpha value is -1.72. The largest absolute Gasteiger partial charge is 0.496 e. The van der Waals surface area contributed by atoms with Crippen LogP contribution in [0.4, 0.5) is 0 Å². The summed E-state index contributed by atoms with van der Waals surface area (Å²) >= 11 is 3.54. The fourth-order valence-electron chi connectivity index (χ4n) is 2.20. The van der Waals surface area contributed by atoms with Crippen molar-refractivity contribution in [1.82, 2.24) is 0 Å². The molecule has 0 bridgehead atoms. The van der Waals surface area contributed by atoms with Gasteiger partial charge in [0.2, 0.25) is 0 Å². The van der Waals surface area contributed by atoms with E-state index in [-0.39, 0.29) is 6.04 Å². The van der Waals surface area contributed by atoms with Crippen molar-refractivity contribution in [3.05, 3.63) is 52.0 Å². The van der Waals surface area contributed by atoms with E-state index >= 15 is 0 Å². The summed E-state index contributed by atoms with van der Waals surface area (Å²) in [6.07, 6.45) is 0. The van der Waals surface area contributed by atoms with Crippen LogP contribution >= 0.6 is 15.9 Å². The van der Waals surface area contributed by atoms with Crippen LogP contribution in [0, 0.1) is 0 Å². The second-order valence-electron chi connectivity index (χ2n) is 4.45. The first-order valence-electron chi connectivity index (χ1n) is 6.42. The predicted molar refractivity (Wildman–Crippen MR) is 86.3 cm³/mol. The molecular formula is C16H18BrNO3. The normalized spacial score (nSPS) is 11.9. The Labute approximate surface area is 132 Å². The minimum absolute atomic E-state index is 0.338. The molecule has 2 aromatic rings. The maximum Gasteiger partial charge on any atom is 0.161 e.